The van der Waals surface area contributed by atoms with E-state index in [2.05, 4.69) is 25.3 Å². The van der Waals surface area contributed by atoms with Crippen LogP contribution in [0.2, 0.25) is 0 Å². The molecule has 1 aromatic heterocycles. The van der Waals surface area contributed by atoms with Crippen LogP contribution >= 0.6 is 11.3 Å². The lowest BCUT2D eigenvalue weighted by molar-refractivity contribution is -0.106. The minimum Gasteiger partial charge on any atom is -0.458 e. The molecule has 1 unspecified atom stereocenters. The number of hydrogen-bond acceptors (Lipinski definition) is 11. The van der Waals surface area contributed by atoms with Crippen molar-refractivity contribution in [3.63, 3.8) is 0 Å². The summed E-state index contributed by atoms with van der Waals surface area (Å²) in [5, 5.41) is 15.3. The zero-order chi connectivity index (χ0) is 27.2. The highest BCUT2D eigenvalue weighted by Crippen LogP contribution is 2.40. The average Bonchev–Trinajstić information content (AvgIpc) is 3.27. The molecule has 0 aliphatic carbocycles. The van der Waals surface area contributed by atoms with Crippen molar-refractivity contribution in [2.24, 2.45) is 10.2 Å². The second-order valence-electron chi connectivity index (χ2n) is 8.27. The number of carbonyl (C=O) groups is 1. The van der Waals surface area contributed by atoms with Crippen molar-refractivity contribution >= 4 is 49.5 Å². The molecule has 2 aromatic rings. The van der Waals surface area contributed by atoms with Crippen LogP contribution in [0.3, 0.4) is 0 Å². The van der Waals surface area contributed by atoms with Gasteiger partial charge in [0, 0.05) is 25.4 Å². The van der Waals surface area contributed by atoms with E-state index in [1.165, 1.54) is 13.2 Å². The number of fused-ring (bicyclic) bond motifs is 1. The van der Waals surface area contributed by atoms with Crippen LogP contribution in [-0.4, -0.2) is 69.4 Å². The molecule has 1 aliphatic rings. The van der Waals surface area contributed by atoms with E-state index in [1.807, 2.05) is 18.6 Å². The molecule has 0 saturated heterocycles. The van der Waals surface area contributed by atoms with Crippen molar-refractivity contribution < 1.29 is 35.9 Å². The standard InChI is InChI=1S/C21H27F3N6O5S2/c1-4-7-30-13(2)5-6-14-10-15(16(11-17(14)30)29-37(32,33)12-21(22,23)24)25-27-20-28-26-18(36-20)19(31)35-9-8-34-3/h10-11,13,29H,4-9,12H2,1-3H3. The highest BCUT2D eigenvalue weighted by Gasteiger charge is 2.36. The molecule has 37 heavy (non-hydrogen) atoms. The predicted molar refractivity (Wildman–Crippen MR) is 132 cm³/mol. The largest absolute Gasteiger partial charge is 0.458 e. The van der Waals surface area contributed by atoms with Gasteiger partial charge in [0.2, 0.25) is 15.0 Å². The molecule has 3 rings (SSSR count). The lowest BCUT2D eigenvalue weighted by Gasteiger charge is -2.37. The molecule has 1 aliphatic heterocycles. The highest BCUT2D eigenvalue weighted by atomic mass is 32.2. The smallest absolute Gasteiger partial charge is 0.404 e. The molecular weight excluding hydrogens is 537 g/mol. The van der Waals surface area contributed by atoms with Gasteiger partial charge in [-0.15, -0.1) is 20.4 Å². The number of methoxy groups -OCH3 is 1. The van der Waals surface area contributed by atoms with Crippen molar-refractivity contribution in [1.29, 1.82) is 0 Å². The van der Waals surface area contributed by atoms with Crippen LogP contribution in [0.25, 0.3) is 0 Å². The van der Waals surface area contributed by atoms with E-state index in [-0.39, 0.29) is 40.8 Å². The number of alkyl halides is 3. The minimum atomic E-state index is -4.93. The van der Waals surface area contributed by atoms with Gasteiger partial charge in [-0.05, 0) is 43.9 Å². The Labute approximate surface area is 216 Å². The maximum atomic E-state index is 12.8. The summed E-state index contributed by atoms with van der Waals surface area (Å²) in [7, 11) is -3.32. The van der Waals surface area contributed by atoms with E-state index >= 15 is 0 Å². The van der Waals surface area contributed by atoms with Crippen LogP contribution in [0.5, 0.6) is 0 Å². The summed E-state index contributed by atoms with van der Waals surface area (Å²) in [6.07, 6.45) is -2.59. The van der Waals surface area contributed by atoms with Crippen LogP contribution < -0.4 is 9.62 Å². The Morgan fingerprint density at radius 1 is 1.27 bits per heavy atom. The third-order valence-electron chi connectivity index (χ3n) is 5.31. The van der Waals surface area contributed by atoms with E-state index in [4.69, 9.17) is 9.47 Å². The Kier molecular flexibility index (Phi) is 9.41. The maximum absolute atomic E-state index is 12.8. The van der Waals surface area contributed by atoms with E-state index in [9.17, 15) is 26.4 Å². The first kappa shape index (κ1) is 28.7. The number of ether oxygens (including phenoxy) is 2. The molecule has 0 bridgehead atoms. The van der Waals surface area contributed by atoms with Crippen molar-refractivity contribution in [1.82, 2.24) is 10.2 Å². The first-order valence-corrected chi connectivity index (χ1v) is 13.8. The van der Waals surface area contributed by atoms with Gasteiger partial charge in [0.25, 0.3) is 5.13 Å². The van der Waals surface area contributed by atoms with Crippen molar-refractivity contribution in [3.05, 3.63) is 22.7 Å². The number of sulfonamides is 1. The minimum absolute atomic E-state index is 0.00919. The second kappa shape index (κ2) is 12.1. The highest BCUT2D eigenvalue weighted by molar-refractivity contribution is 7.92. The zero-order valence-corrected chi connectivity index (χ0v) is 22.0. The predicted octanol–water partition coefficient (Wildman–Crippen LogP) is 4.61. The molecule has 16 heteroatoms. The molecule has 204 valence electrons. The van der Waals surface area contributed by atoms with Crippen LogP contribution in [0.1, 0.15) is 42.1 Å². The molecule has 11 nitrogen and oxygen atoms in total. The van der Waals surface area contributed by atoms with Gasteiger partial charge in [0.1, 0.15) is 12.3 Å². The van der Waals surface area contributed by atoms with Gasteiger partial charge in [0.15, 0.2) is 5.75 Å². The molecule has 0 radical (unpaired) electrons. The number of carbonyl (C=O) groups excluding carboxylic acids is 1. The van der Waals surface area contributed by atoms with Gasteiger partial charge in [-0.1, -0.05) is 18.3 Å². The Morgan fingerprint density at radius 2 is 2.03 bits per heavy atom. The van der Waals surface area contributed by atoms with Gasteiger partial charge in [-0.3, -0.25) is 4.72 Å². The number of aromatic nitrogens is 2. The number of rotatable bonds is 11. The van der Waals surface area contributed by atoms with Gasteiger partial charge < -0.3 is 14.4 Å². The van der Waals surface area contributed by atoms with E-state index in [0.29, 0.717) is 13.0 Å². The van der Waals surface area contributed by atoms with E-state index in [0.717, 1.165) is 35.4 Å². The molecule has 0 fully saturated rings. The number of azo groups is 1. The third kappa shape index (κ3) is 8.07. The van der Waals surface area contributed by atoms with Gasteiger partial charge in [0.05, 0.1) is 12.3 Å². The summed E-state index contributed by atoms with van der Waals surface area (Å²) in [5.74, 6) is -2.77. The summed E-state index contributed by atoms with van der Waals surface area (Å²) in [5.41, 5.74) is 1.45. The lowest BCUT2D eigenvalue weighted by atomic mass is 9.95. The van der Waals surface area contributed by atoms with Crippen LogP contribution in [0, 0.1) is 0 Å². The summed E-state index contributed by atoms with van der Waals surface area (Å²) >= 11 is 0.788. The van der Waals surface area contributed by atoms with Crippen molar-refractivity contribution in [3.8, 4) is 0 Å². The number of nitrogens with one attached hydrogen (secondary N) is 1. The van der Waals surface area contributed by atoms with Crippen molar-refractivity contribution in [2.45, 2.75) is 45.3 Å². The number of esters is 1. The van der Waals surface area contributed by atoms with Gasteiger partial charge in [-0.25, -0.2) is 13.2 Å². The summed E-state index contributed by atoms with van der Waals surface area (Å²) in [4.78, 5) is 14.1. The Morgan fingerprint density at radius 3 is 2.70 bits per heavy atom. The number of halogens is 3. The summed E-state index contributed by atoms with van der Waals surface area (Å²) < 4.78 is 74.9. The first-order chi connectivity index (χ1) is 17.4. The molecule has 1 N–H and O–H groups in total. The summed E-state index contributed by atoms with van der Waals surface area (Å²) in [6.45, 7) is 4.96. The number of anilines is 2. The SMILES string of the molecule is CCCN1c2cc(NS(=O)(=O)CC(F)(F)F)c(N=Nc3nnc(C(=O)OCCOC)s3)cc2CCC1C. The number of hydrogen-bond donors (Lipinski definition) is 1. The number of benzene rings is 1. The third-order valence-corrected chi connectivity index (χ3v) is 7.33. The topological polar surface area (TPSA) is 135 Å². The molecule has 2 heterocycles. The van der Waals surface area contributed by atoms with Crippen LogP contribution in [-0.2, 0) is 25.9 Å². The normalized spacial score (nSPS) is 16.2. The fourth-order valence-corrected chi connectivity index (χ4v) is 5.29. The molecule has 1 atom stereocenters. The molecule has 0 amide bonds. The zero-order valence-electron chi connectivity index (χ0n) is 20.4. The quantitative estimate of drug-likeness (QED) is 0.237. The monoisotopic (exact) mass is 564 g/mol. The Balaban J connectivity index is 1.94. The van der Waals surface area contributed by atoms with Gasteiger partial charge >= 0.3 is 12.1 Å². The lowest BCUT2D eigenvalue weighted by Crippen LogP contribution is -2.38. The van der Waals surface area contributed by atoms with Crippen LogP contribution in [0.4, 0.5) is 35.4 Å². The fraction of sp³-hybridized carbons (Fsp3) is 0.571. The average molecular weight is 565 g/mol. The number of aryl methyl sites for hydroxylation is 1. The van der Waals surface area contributed by atoms with Crippen LogP contribution in [0.15, 0.2) is 22.4 Å². The summed E-state index contributed by atoms with van der Waals surface area (Å²) in [6, 6.07) is 3.25. The maximum Gasteiger partial charge on any atom is 0.404 e. The van der Waals surface area contributed by atoms with Gasteiger partial charge in [-0.2, -0.15) is 13.2 Å². The second-order valence-corrected chi connectivity index (χ2v) is 11.0. The Bertz CT molecular complexity index is 1240. The van der Waals surface area contributed by atoms with Crippen molar-refractivity contribution in [2.75, 3.05) is 42.2 Å². The molecular formula is C21H27F3N6O5S2. The molecule has 1 aromatic carbocycles. The Hall–Kier alpha value is -2.85. The van der Waals surface area contributed by atoms with E-state index < -0.39 is 27.9 Å². The van der Waals surface area contributed by atoms with E-state index in [1.54, 1.807) is 6.07 Å². The number of nitrogens with zero attached hydrogens (tertiary/aromatic N) is 5. The first-order valence-electron chi connectivity index (χ1n) is 11.3. The molecule has 0 spiro atoms. The fourth-order valence-electron chi connectivity index (χ4n) is 3.73. The molecule has 0 saturated carbocycles.